The zero-order chi connectivity index (χ0) is 0. The van der Waals surface area contributed by atoms with Gasteiger partial charge in [0, 0.05) is 0 Å². The molecule has 0 aliphatic heterocycles. The van der Waals surface area contributed by atoms with Gasteiger partial charge >= 0.3 is 46.1 Å². The summed E-state index contributed by atoms with van der Waals surface area (Å²) in [6.07, 6.45) is 0. The molecule has 0 spiro atoms. The Hall–Kier alpha value is 1.53. The van der Waals surface area contributed by atoms with Crippen LogP contribution in [-0.4, -0.2) is 46.1 Å². The standard InChI is InChI=1S/6CH3.2Mg/h6*1H3;;/q6*-1;2*+2. The van der Waals surface area contributed by atoms with Crippen LogP contribution in [0, 0.1) is 44.6 Å². The maximum Gasteiger partial charge on any atom is 2.00 e. The summed E-state index contributed by atoms with van der Waals surface area (Å²) >= 11 is 0. The summed E-state index contributed by atoms with van der Waals surface area (Å²) in [5, 5.41) is 0. The average molecular weight is 139 g/mol. The Labute approximate surface area is 90.1 Å². The zero-order valence-corrected chi connectivity index (χ0v) is 10.2. The molecule has 0 saturated heterocycles. The predicted octanol–water partition coefficient (Wildman–Crippen LogP) is 1.94. The molecule has 0 aromatic rings. The van der Waals surface area contributed by atoms with Gasteiger partial charge in [-0.3, -0.25) is 0 Å². The second kappa shape index (κ2) is 206. The van der Waals surface area contributed by atoms with Crippen LogP contribution in [0.4, 0.5) is 0 Å². The molecule has 0 N–H and O–H groups in total. The summed E-state index contributed by atoms with van der Waals surface area (Å²) in [5.41, 5.74) is 0. The molecule has 0 bridgehead atoms. The number of hydrogen-bond acceptors (Lipinski definition) is 0. The molecule has 8 heavy (non-hydrogen) atoms. The summed E-state index contributed by atoms with van der Waals surface area (Å²) in [5.74, 6) is 0. The van der Waals surface area contributed by atoms with Crippen molar-refractivity contribution in [1.82, 2.24) is 0 Å². The van der Waals surface area contributed by atoms with E-state index in [2.05, 4.69) is 0 Å². The van der Waals surface area contributed by atoms with Crippen LogP contribution in [-0.2, 0) is 0 Å². The van der Waals surface area contributed by atoms with Crippen LogP contribution in [0.5, 0.6) is 0 Å². The van der Waals surface area contributed by atoms with E-state index in [4.69, 9.17) is 0 Å². The van der Waals surface area contributed by atoms with Crippen LogP contribution in [0.1, 0.15) is 0 Å². The maximum absolute atomic E-state index is 0. The van der Waals surface area contributed by atoms with E-state index in [0.29, 0.717) is 0 Å². The molecule has 0 rings (SSSR count). The van der Waals surface area contributed by atoms with Gasteiger partial charge < -0.3 is 44.6 Å². The van der Waals surface area contributed by atoms with E-state index in [1.807, 2.05) is 0 Å². The predicted molar refractivity (Wildman–Crippen MR) is 50.0 cm³/mol. The Balaban J connectivity index is 0. The fourth-order valence-corrected chi connectivity index (χ4v) is 0. The topological polar surface area (TPSA) is 0 Å². The van der Waals surface area contributed by atoms with Crippen molar-refractivity contribution < 1.29 is 0 Å². The molecule has 0 saturated carbocycles. The van der Waals surface area contributed by atoms with Crippen LogP contribution in [0.2, 0.25) is 0 Å². The van der Waals surface area contributed by atoms with Crippen molar-refractivity contribution in [2.24, 2.45) is 0 Å². The SMILES string of the molecule is [CH3-].[CH3-].[CH3-].[CH3-].[CH3-].[CH3-].[Mg+2].[Mg+2]. The minimum Gasteiger partial charge on any atom is -0.358 e. The fraction of sp³-hybridized carbons (Fsp3) is 0. The molecule has 0 heterocycles. The maximum atomic E-state index is 0. The first kappa shape index (κ1) is 296. The molecule has 0 aliphatic carbocycles. The molecule has 0 radical (unpaired) electrons. The van der Waals surface area contributed by atoms with Crippen LogP contribution in [0.3, 0.4) is 0 Å². The van der Waals surface area contributed by atoms with Crippen molar-refractivity contribution in [1.29, 1.82) is 0 Å². The Morgan fingerprint density at radius 2 is 0.250 bits per heavy atom. The summed E-state index contributed by atoms with van der Waals surface area (Å²) in [4.78, 5) is 0. The van der Waals surface area contributed by atoms with Gasteiger partial charge in [0.25, 0.3) is 0 Å². The van der Waals surface area contributed by atoms with Gasteiger partial charge in [-0.25, -0.2) is 0 Å². The molecule has 0 fully saturated rings. The second-order valence-corrected chi connectivity index (χ2v) is 0. The van der Waals surface area contributed by atoms with E-state index in [1.54, 1.807) is 0 Å². The fourth-order valence-electron chi connectivity index (χ4n) is 0. The van der Waals surface area contributed by atoms with Gasteiger partial charge in [0.05, 0.1) is 0 Å². The minimum atomic E-state index is 0. The molecule has 0 atom stereocenters. The molecule has 48 valence electrons. The third-order valence-corrected chi connectivity index (χ3v) is 0. The van der Waals surface area contributed by atoms with E-state index in [1.165, 1.54) is 0 Å². The molecule has 0 aromatic heterocycles. The summed E-state index contributed by atoms with van der Waals surface area (Å²) in [6.45, 7) is 0. The number of rotatable bonds is 0. The van der Waals surface area contributed by atoms with Crippen LogP contribution in [0.25, 0.3) is 0 Å². The summed E-state index contributed by atoms with van der Waals surface area (Å²) in [6, 6.07) is 0. The Bertz CT molecular complexity index is 6.49. The summed E-state index contributed by atoms with van der Waals surface area (Å²) < 4.78 is 0. The van der Waals surface area contributed by atoms with Crippen molar-refractivity contribution in [2.75, 3.05) is 0 Å². The van der Waals surface area contributed by atoms with Crippen LogP contribution in [0.15, 0.2) is 0 Å². The van der Waals surface area contributed by atoms with E-state index in [9.17, 15) is 0 Å². The summed E-state index contributed by atoms with van der Waals surface area (Å²) in [7, 11) is 0. The molecular formula is C6H18Mg2-2. The quantitative estimate of drug-likeness (QED) is 0.355. The van der Waals surface area contributed by atoms with Crippen molar-refractivity contribution in [3.8, 4) is 0 Å². The van der Waals surface area contributed by atoms with E-state index < -0.39 is 0 Å². The van der Waals surface area contributed by atoms with Crippen LogP contribution >= 0.6 is 0 Å². The molecule has 0 amide bonds. The minimum absolute atomic E-state index is 0. The first-order valence-corrected chi connectivity index (χ1v) is 0. The normalized spacial score (nSPS) is 0. The van der Waals surface area contributed by atoms with Crippen molar-refractivity contribution >= 4 is 46.1 Å². The molecule has 0 nitrogen and oxygen atoms in total. The Kier molecular flexibility index (Phi) is 7610. The second-order valence-electron chi connectivity index (χ2n) is 0. The van der Waals surface area contributed by atoms with Crippen molar-refractivity contribution in [2.45, 2.75) is 0 Å². The average Bonchev–Trinajstić information content (AvgIpc) is 0. The third kappa shape index (κ3) is 137. The largest absolute Gasteiger partial charge is 2.00 e. The van der Waals surface area contributed by atoms with E-state index in [0.717, 1.165) is 0 Å². The van der Waals surface area contributed by atoms with Gasteiger partial charge in [-0.1, -0.05) is 0 Å². The van der Waals surface area contributed by atoms with Gasteiger partial charge in [-0.05, 0) is 0 Å². The number of hydrogen-bond donors (Lipinski definition) is 0. The van der Waals surface area contributed by atoms with E-state index >= 15 is 0 Å². The van der Waals surface area contributed by atoms with Crippen molar-refractivity contribution in [3.63, 3.8) is 0 Å². The first-order valence-electron chi connectivity index (χ1n) is 0. The molecular weight excluding hydrogens is 121 g/mol. The molecule has 0 aromatic carbocycles. The van der Waals surface area contributed by atoms with Gasteiger partial charge in [0.15, 0.2) is 0 Å². The van der Waals surface area contributed by atoms with Gasteiger partial charge in [-0.15, -0.1) is 0 Å². The van der Waals surface area contributed by atoms with Gasteiger partial charge in [0.1, 0.15) is 0 Å². The smallest absolute Gasteiger partial charge is 0.358 e. The molecule has 0 unspecified atom stereocenters. The van der Waals surface area contributed by atoms with Crippen LogP contribution < -0.4 is 0 Å². The van der Waals surface area contributed by atoms with Gasteiger partial charge in [-0.2, -0.15) is 0 Å². The Morgan fingerprint density at radius 3 is 0.250 bits per heavy atom. The molecule has 0 aliphatic rings. The third-order valence-electron chi connectivity index (χ3n) is 0. The van der Waals surface area contributed by atoms with Crippen molar-refractivity contribution in [3.05, 3.63) is 44.6 Å². The first-order chi connectivity index (χ1) is 0. The monoisotopic (exact) mass is 138 g/mol. The Morgan fingerprint density at radius 1 is 0.250 bits per heavy atom. The zero-order valence-electron chi connectivity index (χ0n) is 7.41. The molecule has 2 heteroatoms. The van der Waals surface area contributed by atoms with Gasteiger partial charge in [0.2, 0.25) is 0 Å². The van der Waals surface area contributed by atoms with E-state index in [-0.39, 0.29) is 90.7 Å².